The number of nitrogens with one attached hydrogen (secondary N) is 1. The van der Waals surface area contributed by atoms with E-state index >= 15 is 0 Å². The van der Waals surface area contributed by atoms with E-state index < -0.39 is 0 Å². The molecule has 0 bridgehead atoms. The van der Waals surface area contributed by atoms with Crippen molar-refractivity contribution in [1.82, 2.24) is 15.3 Å². The maximum Gasteiger partial charge on any atom is 0.115 e. The van der Waals surface area contributed by atoms with Crippen molar-refractivity contribution in [2.24, 2.45) is 0 Å². The highest BCUT2D eigenvalue weighted by molar-refractivity contribution is 5.45. The van der Waals surface area contributed by atoms with E-state index in [0.717, 1.165) is 18.5 Å². The SMILES string of the molecule is CC(C)NCCC=Cc1cncnc1. The van der Waals surface area contributed by atoms with E-state index in [1.165, 1.54) is 6.33 Å². The van der Waals surface area contributed by atoms with Crippen molar-refractivity contribution in [1.29, 1.82) is 0 Å². The predicted octanol–water partition coefficient (Wildman–Crippen LogP) is 1.88. The minimum Gasteiger partial charge on any atom is -0.314 e. The van der Waals surface area contributed by atoms with Crippen LogP contribution in [0.3, 0.4) is 0 Å². The molecule has 0 radical (unpaired) electrons. The summed E-state index contributed by atoms with van der Waals surface area (Å²) < 4.78 is 0. The molecule has 0 aliphatic heterocycles. The van der Waals surface area contributed by atoms with Crippen molar-refractivity contribution >= 4 is 6.08 Å². The summed E-state index contributed by atoms with van der Waals surface area (Å²) in [5.74, 6) is 0. The Balaban J connectivity index is 2.21. The molecule has 3 nitrogen and oxygen atoms in total. The predicted molar refractivity (Wildman–Crippen MR) is 58.8 cm³/mol. The van der Waals surface area contributed by atoms with Crippen LogP contribution in [0.2, 0.25) is 0 Å². The molecule has 14 heavy (non-hydrogen) atoms. The second kappa shape index (κ2) is 6.27. The molecule has 0 aromatic carbocycles. The van der Waals surface area contributed by atoms with Gasteiger partial charge in [0, 0.05) is 24.0 Å². The number of hydrogen-bond acceptors (Lipinski definition) is 3. The van der Waals surface area contributed by atoms with E-state index in [1.54, 1.807) is 12.4 Å². The quantitative estimate of drug-likeness (QED) is 0.722. The van der Waals surface area contributed by atoms with Crippen molar-refractivity contribution in [3.8, 4) is 0 Å². The second-order valence-corrected chi connectivity index (χ2v) is 3.47. The minimum atomic E-state index is 0.559. The van der Waals surface area contributed by atoms with Crippen molar-refractivity contribution in [3.05, 3.63) is 30.4 Å². The average Bonchev–Trinajstić information content (AvgIpc) is 2.18. The van der Waals surface area contributed by atoms with Gasteiger partial charge in [-0.3, -0.25) is 0 Å². The van der Waals surface area contributed by atoms with Gasteiger partial charge in [0.25, 0.3) is 0 Å². The number of rotatable bonds is 5. The third-order valence-corrected chi connectivity index (χ3v) is 1.75. The van der Waals surface area contributed by atoms with Crippen LogP contribution in [0.4, 0.5) is 0 Å². The molecule has 1 heterocycles. The molecule has 1 rings (SSSR count). The molecule has 0 atom stereocenters. The Morgan fingerprint density at radius 2 is 2.07 bits per heavy atom. The fourth-order valence-electron chi connectivity index (χ4n) is 1.07. The van der Waals surface area contributed by atoms with Gasteiger partial charge in [0.05, 0.1) is 0 Å². The van der Waals surface area contributed by atoms with E-state index in [0.29, 0.717) is 6.04 Å². The number of hydrogen-bond donors (Lipinski definition) is 1. The summed E-state index contributed by atoms with van der Waals surface area (Å²) in [5.41, 5.74) is 1.05. The third-order valence-electron chi connectivity index (χ3n) is 1.75. The zero-order chi connectivity index (χ0) is 10.2. The zero-order valence-electron chi connectivity index (χ0n) is 8.77. The summed E-state index contributed by atoms with van der Waals surface area (Å²) in [7, 11) is 0. The Hall–Kier alpha value is -1.22. The first-order chi connectivity index (χ1) is 6.79. The topological polar surface area (TPSA) is 37.8 Å². The highest BCUT2D eigenvalue weighted by Gasteiger charge is 1.88. The Kier molecular flexibility index (Phi) is 4.86. The van der Waals surface area contributed by atoms with Gasteiger partial charge in [0.2, 0.25) is 0 Å². The molecule has 0 aliphatic rings. The molecule has 0 unspecified atom stereocenters. The van der Waals surface area contributed by atoms with Gasteiger partial charge >= 0.3 is 0 Å². The van der Waals surface area contributed by atoms with Crippen LogP contribution in [0.1, 0.15) is 25.8 Å². The summed E-state index contributed by atoms with van der Waals surface area (Å²) in [5, 5.41) is 3.35. The van der Waals surface area contributed by atoms with E-state index in [4.69, 9.17) is 0 Å². The van der Waals surface area contributed by atoms with Crippen LogP contribution in [0.25, 0.3) is 6.08 Å². The van der Waals surface area contributed by atoms with Gasteiger partial charge in [-0.1, -0.05) is 26.0 Å². The van der Waals surface area contributed by atoms with Gasteiger partial charge in [-0.05, 0) is 13.0 Å². The number of aromatic nitrogens is 2. The minimum absolute atomic E-state index is 0.559. The van der Waals surface area contributed by atoms with E-state index in [2.05, 4.69) is 35.2 Å². The lowest BCUT2D eigenvalue weighted by Crippen LogP contribution is -2.23. The molecule has 0 spiro atoms. The lowest BCUT2D eigenvalue weighted by Gasteiger charge is -2.04. The summed E-state index contributed by atoms with van der Waals surface area (Å²) in [6, 6.07) is 0.559. The van der Waals surface area contributed by atoms with Crippen LogP contribution in [-0.2, 0) is 0 Å². The molecule has 0 fully saturated rings. The monoisotopic (exact) mass is 191 g/mol. The molecular formula is C11H17N3. The molecule has 0 aliphatic carbocycles. The molecule has 1 aromatic rings. The lowest BCUT2D eigenvalue weighted by atomic mass is 10.2. The molecule has 1 N–H and O–H groups in total. The highest BCUT2D eigenvalue weighted by Crippen LogP contribution is 1.97. The van der Waals surface area contributed by atoms with Crippen LogP contribution < -0.4 is 5.32 Å². The van der Waals surface area contributed by atoms with Crippen molar-refractivity contribution < 1.29 is 0 Å². The maximum absolute atomic E-state index is 3.93. The van der Waals surface area contributed by atoms with Gasteiger partial charge in [-0.25, -0.2) is 9.97 Å². The van der Waals surface area contributed by atoms with Crippen LogP contribution in [0, 0.1) is 0 Å². The Morgan fingerprint density at radius 1 is 1.36 bits per heavy atom. The third kappa shape index (κ3) is 4.72. The van der Waals surface area contributed by atoms with Crippen molar-refractivity contribution in [3.63, 3.8) is 0 Å². The van der Waals surface area contributed by atoms with Crippen LogP contribution in [0.15, 0.2) is 24.8 Å². The fourth-order valence-corrected chi connectivity index (χ4v) is 1.07. The van der Waals surface area contributed by atoms with Crippen LogP contribution in [0.5, 0.6) is 0 Å². The zero-order valence-corrected chi connectivity index (χ0v) is 8.77. The maximum atomic E-state index is 3.93. The molecule has 0 saturated heterocycles. The van der Waals surface area contributed by atoms with E-state index in [1.807, 2.05) is 6.08 Å². The van der Waals surface area contributed by atoms with Crippen LogP contribution in [-0.4, -0.2) is 22.6 Å². The normalized spacial score (nSPS) is 11.4. The van der Waals surface area contributed by atoms with Gasteiger partial charge in [0.15, 0.2) is 0 Å². The smallest absolute Gasteiger partial charge is 0.115 e. The van der Waals surface area contributed by atoms with Gasteiger partial charge in [0.1, 0.15) is 6.33 Å². The van der Waals surface area contributed by atoms with Gasteiger partial charge in [-0.2, -0.15) is 0 Å². The summed E-state index contributed by atoms with van der Waals surface area (Å²) in [6.45, 7) is 5.31. The largest absolute Gasteiger partial charge is 0.314 e. The molecule has 0 amide bonds. The molecule has 0 saturated carbocycles. The lowest BCUT2D eigenvalue weighted by molar-refractivity contribution is 0.595. The Labute approximate surface area is 85.3 Å². The first kappa shape index (κ1) is 10.9. The first-order valence-electron chi connectivity index (χ1n) is 4.94. The van der Waals surface area contributed by atoms with Crippen molar-refractivity contribution in [2.75, 3.05) is 6.54 Å². The summed E-state index contributed by atoms with van der Waals surface area (Å²) in [4.78, 5) is 7.87. The molecular weight excluding hydrogens is 174 g/mol. The standard InChI is InChI=1S/C11H17N3/c1-10(2)14-6-4-3-5-11-7-12-9-13-8-11/h3,5,7-10,14H,4,6H2,1-2H3. The van der Waals surface area contributed by atoms with Gasteiger partial charge in [-0.15, -0.1) is 0 Å². The molecule has 3 heteroatoms. The van der Waals surface area contributed by atoms with Crippen LogP contribution >= 0.6 is 0 Å². The van der Waals surface area contributed by atoms with Gasteiger partial charge < -0.3 is 5.32 Å². The summed E-state index contributed by atoms with van der Waals surface area (Å²) >= 11 is 0. The Bertz CT molecular complexity index is 267. The first-order valence-corrected chi connectivity index (χ1v) is 4.94. The van der Waals surface area contributed by atoms with E-state index in [9.17, 15) is 0 Å². The van der Waals surface area contributed by atoms with Crippen molar-refractivity contribution in [2.45, 2.75) is 26.3 Å². The Morgan fingerprint density at radius 3 is 2.71 bits per heavy atom. The van der Waals surface area contributed by atoms with E-state index in [-0.39, 0.29) is 0 Å². The fraction of sp³-hybridized carbons (Fsp3) is 0.455. The molecule has 1 aromatic heterocycles. The average molecular weight is 191 g/mol. The number of nitrogens with zero attached hydrogens (tertiary/aromatic N) is 2. The molecule has 76 valence electrons. The summed E-state index contributed by atoms with van der Waals surface area (Å²) in [6.07, 6.45) is 10.4. The second-order valence-electron chi connectivity index (χ2n) is 3.47. The highest BCUT2D eigenvalue weighted by atomic mass is 14.9.